The Bertz CT molecular complexity index is 1120. The molecule has 7 nitrogen and oxygen atoms in total. The number of amides is 3. The van der Waals surface area contributed by atoms with E-state index in [1.807, 2.05) is 12.1 Å². The Kier molecular flexibility index (Phi) is 5.82. The van der Waals surface area contributed by atoms with Crippen LogP contribution >= 0.6 is 11.8 Å². The predicted octanol–water partition coefficient (Wildman–Crippen LogP) is 3.77. The molecule has 0 radical (unpaired) electrons. The van der Waals surface area contributed by atoms with E-state index >= 15 is 0 Å². The summed E-state index contributed by atoms with van der Waals surface area (Å²) in [5.41, 5.74) is 1.36. The van der Waals surface area contributed by atoms with Crippen LogP contribution in [-0.4, -0.2) is 52.0 Å². The number of urea groups is 1. The van der Waals surface area contributed by atoms with Gasteiger partial charge in [0.1, 0.15) is 11.6 Å². The highest BCUT2D eigenvalue weighted by atomic mass is 32.2. The Morgan fingerprint density at radius 2 is 1.97 bits per heavy atom. The number of piperidine rings is 1. The van der Waals surface area contributed by atoms with Gasteiger partial charge in [-0.2, -0.15) is 0 Å². The zero-order chi connectivity index (χ0) is 23.0. The number of rotatable bonds is 3. The molecular weight excluding hydrogens is 443 g/mol. The van der Waals surface area contributed by atoms with Crippen LogP contribution in [0, 0.1) is 5.82 Å². The van der Waals surface area contributed by atoms with Gasteiger partial charge in [0.25, 0.3) is 0 Å². The van der Waals surface area contributed by atoms with E-state index in [9.17, 15) is 18.8 Å². The molecular formula is C24H25FN4O3S. The molecule has 172 valence electrons. The normalized spacial score (nSPS) is 19.7. The zero-order valence-corrected chi connectivity index (χ0v) is 19.0. The minimum atomic E-state index is -0.390. The van der Waals surface area contributed by atoms with Gasteiger partial charge in [-0.25, -0.2) is 14.2 Å². The zero-order valence-electron chi connectivity index (χ0n) is 18.2. The van der Waals surface area contributed by atoms with Crippen molar-refractivity contribution < 1.29 is 18.8 Å². The van der Waals surface area contributed by atoms with Crippen molar-refractivity contribution in [3.05, 3.63) is 53.5 Å². The van der Waals surface area contributed by atoms with Gasteiger partial charge in [0, 0.05) is 60.4 Å². The third kappa shape index (κ3) is 4.46. The molecule has 33 heavy (non-hydrogen) atoms. The van der Waals surface area contributed by atoms with E-state index in [1.54, 1.807) is 33.8 Å². The van der Waals surface area contributed by atoms with E-state index < -0.39 is 5.82 Å². The van der Waals surface area contributed by atoms with Gasteiger partial charge in [0.05, 0.1) is 0 Å². The minimum absolute atomic E-state index is 0.0221. The van der Waals surface area contributed by atoms with E-state index in [1.165, 1.54) is 12.1 Å². The highest BCUT2D eigenvalue weighted by Gasteiger charge is 2.42. The number of hydrogen-bond acceptors (Lipinski definition) is 5. The second kappa shape index (κ2) is 8.78. The standard InChI is InChI=1S/C24H25FN4O3S/c25-17-3-4-20-18(13-17)19(30)14-24(33-20)6-10-28(11-7-24)23(32)27-15-16-5-8-26-21(12-16)29-9-1-2-22(29)31/h3-5,8,12-13H,1-2,6-7,9-11,14-15H2,(H,27,32). The molecule has 0 aliphatic carbocycles. The number of likely N-dealkylation sites (tertiary alicyclic amines) is 1. The highest BCUT2D eigenvalue weighted by Crippen LogP contribution is 2.49. The largest absolute Gasteiger partial charge is 0.334 e. The van der Waals surface area contributed by atoms with Crippen LogP contribution in [0.25, 0.3) is 0 Å². The fourth-order valence-corrected chi connectivity index (χ4v) is 6.24. The number of fused-ring (bicyclic) bond motifs is 1. The number of Topliss-reactive ketones (excluding diaryl/α,β-unsaturated/α-hetero) is 1. The summed E-state index contributed by atoms with van der Waals surface area (Å²) < 4.78 is 13.3. The summed E-state index contributed by atoms with van der Waals surface area (Å²) in [7, 11) is 0. The topological polar surface area (TPSA) is 82.6 Å². The van der Waals surface area contributed by atoms with Crippen molar-refractivity contribution in [3.63, 3.8) is 0 Å². The van der Waals surface area contributed by atoms with Gasteiger partial charge in [-0.05, 0) is 55.2 Å². The summed E-state index contributed by atoms with van der Waals surface area (Å²) in [4.78, 5) is 45.9. The Morgan fingerprint density at radius 3 is 2.73 bits per heavy atom. The second-order valence-corrected chi connectivity index (χ2v) is 10.4. The fraction of sp³-hybridized carbons (Fsp3) is 0.417. The molecule has 3 amide bonds. The average Bonchev–Trinajstić information content (AvgIpc) is 3.25. The van der Waals surface area contributed by atoms with Crippen molar-refractivity contribution in [3.8, 4) is 0 Å². The van der Waals surface area contributed by atoms with Gasteiger partial charge in [0.2, 0.25) is 5.91 Å². The molecule has 0 bridgehead atoms. The number of halogens is 1. The molecule has 1 spiro atoms. The van der Waals surface area contributed by atoms with E-state index in [4.69, 9.17) is 0 Å². The molecule has 9 heteroatoms. The van der Waals surface area contributed by atoms with Crippen LogP contribution in [0.3, 0.4) is 0 Å². The third-order valence-corrected chi connectivity index (χ3v) is 8.18. The molecule has 2 saturated heterocycles. The number of ketones is 1. The number of nitrogens with zero attached hydrogens (tertiary/aromatic N) is 3. The number of carbonyl (C=O) groups excluding carboxylic acids is 3. The van der Waals surface area contributed by atoms with E-state index in [0.717, 1.165) is 16.9 Å². The molecule has 0 atom stereocenters. The summed E-state index contributed by atoms with van der Waals surface area (Å²) in [6, 6.07) is 7.94. The van der Waals surface area contributed by atoms with Crippen LogP contribution in [0.15, 0.2) is 41.4 Å². The number of thioether (sulfide) groups is 1. The summed E-state index contributed by atoms with van der Waals surface area (Å²) >= 11 is 1.65. The van der Waals surface area contributed by atoms with Crippen LogP contribution in [0.5, 0.6) is 0 Å². The van der Waals surface area contributed by atoms with Crippen LogP contribution < -0.4 is 10.2 Å². The minimum Gasteiger partial charge on any atom is -0.334 e. The Morgan fingerprint density at radius 1 is 1.15 bits per heavy atom. The maximum Gasteiger partial charge on any atom is 0.317 e. The lowest BCUT2D eigenvalue weighted by atomic mass is 9.88. The first kappa shape index (κ1) is 21.9. The molecule has 3 aliphatic rings. The van der Waals surface area contributed by atoms with Crippen molar-refractivity contribution in [1.82, 2.24) is 15.2 Å². The van der Waals surface area contributed by atoms with Gasteiger partial charge in [-0.15, -0.1) is 11.8 Å². The second-order valence-electron chi connectivity index (χ2n) is 8.84. The lowest BCUT2D eigenvalue weighted by Gasteiger charge is -2.43. The molecule has 5 rings (SSSR count). The number of nitrogens with one attached hydrogen (secondary N) is 1. The van der Waals surface area contributed by atoms with Gasteiger partial charge < -0.3 is 10.2 Å². The summed E-state index contributed by atoms with van der Waals surface area (Å²) in [5, 5.41) is 2.96. The van der Waals surface area contributed by atoms with Gasteiger partial charge >= 0.3 is 6.03 Å². The van der Waals surface area contributed by atoms with Crippen LogP contribution in [-0.2, 0) is 11.3 Å². The Hall–Kier alpha value is -2.94. The number of hydrogen-bond donors (Lipinski definition) is 1. The van der Waals surface area contributed by atoms with Gasteiger partial charge in [-0.1, -0.05) is 0 Å². The fourth-order valence-electron chi connectivity index (χ4n) is 4.76. The quantitative estimate of drug-likeness (QED) is 0.742. The molecule has 1 aromatic heterocycles. The summed E-state index contributed by atoms with van der Waals surface area (Å²) in [6.45, 7) is 2.15. The molecule has 2 aromatic rings. The number of aromatic nitrogens is 1. The SMILES string of the molecule is O=C1CC2(CCN(C(=O)NCc3ccnc(N4CCCC4=O)c3)CC2)Sc2ccc(F)cc21. The maximum atomic E-state index is 13.5. The van der Waals surface area contributed by atoms with E-state index in [0.29, 0.717) is 63.2 Å². The first-order valence-corrected chi connectivity index (χ1v) is 12.0. The lowest BCUT2D eigenvalue weighted by Crippen LogP contribution is -2.49. The first-order chi connectivity index (χ1) is 15.9. The summed E-state index contributed by atoms with van der Waals surface area (Å²) in [6.07, 6.45) is 4.84. The van der Waals surface area contributed by atoms with E-state index in [2.05, 4.69) is 10.3 Å². The highest BCUT2D eigenvalue weighted by molar-refractivity contribution is 8.01. The van der Waals surface area contributed by atoms with Crippen LogP contribution in [0.4, 0.5) is 15.0 Å². The van der Waals surface area contributed by atoms with Gasteiger partial charge in [0.15, 0.2) is 5.78 Å². The molecule has 2 fully saturated rings. The van der Waals surface area contributed by atoms with Crippen LogP contribution in [0.1, 0.15) is 48.0 Å². The Labute approximate surface area is 195 Å². The maximum absolute atomic E-state index is 13.5. The summed E-state index contributed by atoms with van der Waals surface area (Å²) in [5.74, 6) is 0.297. The van der Waals surface area contributed by atoms with Crippen molar-refractivity contribution in [2.45, 2.75) is 48.3 Å². The van der Waals surface area contributed by atoms with Gasteiger partial charge in [-0.3, -0.25) is 14.5 Å². The number of pyridine rings is 1. The van der Waals surface area contributed by atoms with Crippen molar-refractivity contribution >= 4 is 35.3 Å². The van der Waals surface area contributed by atoms with Crippen molar-refractivity contribution in [2.75, 3.05) is 24.5 Å². The molecule has 1 N–H and O–H groups in total. The molecule has 0 saturated carbocycles. The number of carbonyl (C=O) groups is 3. The number of anilines is 1. The van der Waals surface area contributed by atoms with Crippen LogP contribution in [0.2, 0.25) is 0 Å². The smallest absolute Gasteiger partial charge is 0.317 e. The lowest BCUT2D eigenvalue weighted by molar-refractivity contribution is -0.117. The molecule has 1 aromatic carbocycles. The first-order valence-electron chi connectivity index (χ1n) is 11.2. The Balaban J connectivity index is 1.17. The molecule has 0 unspecified atom stereocenters. The monoisotopic (exact) mass is 468 g/mol. The van der Waals surface area contributed by atoms with Crippen molar-refractivity contribution in [2.24, 2.45) is 0 Å². The van der Waals surface area contributed by atoms with Crippen molar-refractivity contribution in [1.29, 1.82) is 0 Å². The average molecular weight is 469 g/mol. The third-order valence-electron chi connectivity index (χ3n) is 6.62. The van der Waals surface area contributed by atoms with E-state index in [-0.39, 0.29) is 22.5 Å². The molecule has 3 aliphatic heterocycles. The predicted molar refractivity (Wildman–Crippen MR) is 123 cm³/mol. The molecule has 4 heterocycles. The number of benzene rings is 1.